The van der Waals surface area contributed by atoms with Crippen molar-refractivity contribution in [3.8, 4) is 0 Å². The number of halogens is 1. The standard InChI is InChI=1S/C13H18BrNO/c1-11(14)13-10-16-8-7-15(13)9-12-5-3-2-4-6-12/h2-6,11,13H,7-10H2,1H3. The van der Waals surface area contributed by atoms with E-state index in [1.165, 1.54) is 5.56 Å². The van der Waals surface area contributed by atoms with Crippen molar-refractivity contribution in [2.45, 2.75) is 24.3 Å². The minimum absolute atomic E-state index is 0.469. The van der Waals surface area contributed by atoms with E-state index in [0.29, 0.717) is 10.9 Å². The van der Waals surface area contributed by atoms with Crippen LogP contribution in [0.4, 0.5) is 0 Å². The molecule has 2 rings (SSSR count). The maximum atomic E-state index is 5.54. The Labute approximate surface area is 106 Å². The van der Waals surface area contributed by atoms with Gasteiger partial charge < -0.3 is 4.74 Å². The quantitative estimate of drug-likeness (QED) is 0.791. The first-order valence-corrected chi connectivity index (χ1v) is 6.69. The first-order chi connectivity index (χ1) is 7.77. The Bertz CT molecular complexity index is 315. The van der Waals surface area contributed by atoms with E-state index in [-0.39, 0.29) is 0 Å². The van der Waals surface area contributed by atoms with Crippen LogP contribution in [-0.4, -0.2) is 35.5 Å². The summed E-state index contributed by atoms with van der Waals surface area (Å²) in [4.78, 5) is 2.97. The Morgan fingerprint density at radius 1 is 1.44 bits per heavy atom. The smallest absolute Gasteiger partial charge is 0.0633 e. The van der Waals surface area contributed by atoms with E-state index >= 15 is 0 Å². The van der Waals surface area contributed by atoms with Gasteiger partial charge in [-0.2, -0.15) is 0 Å². The zero-order valence-corrected chi connectivity index (χ0v) is 11.2. The number of nitrogens with zero attached hydrogens (tertiary/aromatic N) is 1. The third-order valence-electron chi connectivity index (χ3n) is 3.04. The van der Waals surface area contributed by atoms with Gasteiger partial charge in [-0.3, -0.25) is 4.90 Å². The van der Waals surface area contributed by atoms with E-state index in [1.54, 1.807) is 0 Å². The molecule has 1 aliphatic rings. The number of ether oxygens (including phenoxy) is 1. The van der Waals surface area contributed by atoms with Gasteiger partial charge in [0, 0.05) is 24.0 Å². The highest BCUT2D eigenvalue weighted by Crippen LogP contribution is 2.18. The highest BCUT2D eigenvalue weighted by Gasteiger charge is 2.26. The van der Waals surface area contributed by atoms with Crippen LogP contribution in [0.15, 0.2) is 30.3 Å². The summed E-state index contributed by atoms with van der Waals surface area (Å²) in [6.45, 7) is 5.92. The predicted molar refractivity (Wildman–Crippen MR) is 69.8 cm³/mol. The molecule has 1 heterocycles. The largest absolute Gasteiger partial charge is 0.378 e. The van der Waals surface area contributed by atoms with Crippen molar-refractivity contribution in [3.05, 3.63) is 35.9 Å². The number of hydrogen-bond acceptors (Lipinski definition) is 2. The molecule has 1 saturated heterocycles. The van der Waals surface area contributed by atoms with Crippen molar-refractivity contribution in [2.24, 2.45) is 0 Å². The topological polar surface area (TPSA) is 12.5 Å². The fourth-order valence-corrected chi connectivity index (χ4v) is 2.58. The van der Waals surface area contributed by atoms with E-state index in [0.717, 1.165) is 26.3 Å². The average Bonchev–Trinajstić information content (AvgIpc) is 2.31. The maximum Gasteiger partial charge on any atom is 0.0633 e. The molecule has 1 aromatic carbocycles. The molecule has 0 radical (unpaired) electrons. The van der Waals surface area contributed by atoms with Crippen LogP contribution in [0.2, 0.25) is 0 Å². The van der Waals surface area contributed by atoms with Crippen LogP contribution in [0.5, 0.6) is 0 Å². The molecular weight excluding hydrogens is 266 g/mol. The molecule has 1 aromatic rings. The summed E-state index contributed by atoms with van der Waals surface area (Å²) < 4.78 is 5.54. The van der Waals surface area contributed by atoms with Gasteiger partial charge in [0.2, 0.25) is 0 Å². The Kier molecular flexibility index (Phi) is 4.38. The molecule has 3 heteroatoms. The molecule has 0 bridgehead atoms. The molecule has 0 saturated carbocycles. The molecule has 1 fully saturated rings. The van der Waals surface area contributed by atoms with E-state index in [4.69, 9.17) is 4.74 Å². The molecule has 1 aliphatic heterocycles. The summed E-state index contributed by atoms with van der Waals surface area (Å²) in [5.41, 5.74) is 1.38. The molecular formula is C13H18BrNO. The van der Waals surface area contributed by atoms with Crippen molar-refractivity contribution < 1.29 is 4.74 Å². The first kappa shape index (κ1) is 12.1. The molecule has 2 atom stereocenters. The zero-order valence-electron chi connectivity index (χ0n) is 9.60. The molecule has 0 N–H and O–H groups in total. The molecule has 16 heavy (non-hydrogen) atoms. The minimum atomic E-state index is 0.469. The Morgan fingerprint density at radius 2 is 2.19 bits per heavy atom. The van der Waals surface area contributed by atoms with Gasteiger partial charge in [-0.15, -0.1) is 0 Å². The molecule has 0 aromatic heterocycles. The van der Waals surface area contributed by atoms with Crippen molar-refractivity contribution in [2.75, 3.05) is 19.8 Å². The lowest BCUT2D eigenvalue weighted by atomic mass is 10.1. The third-order valence-corrected chi connectivity index (χ3v) is 3.65. The molecule has 0 aliphatic carbocycles. The molecule has 2 nitrogen and oxygen atoms in total. The number of hydrogen-bond donors (Lipinski definition) is 0. The lowest BCUT2D eigenvalue weighted by Gasteiger charge is -2.37. The van der Waals surface area contributed by atoms with Gasteiger partial charge in [-0.1, -0.05) is 53.2 Å². The van der Waals surface area contributed by atoms with E-state index < -0.39 is 0 Å². The molecule has 88 valence electrons. The van der Waals surface area contributed by atoms with Crippen molar-refractivity contribution in [3.63, 3.8) is 0 Å². The summed E-state index contributed by atoms with van der Waals surface area (Å²) in [7, 11) is 0. The van der Waals surface area contributed by atoms with Gasteiger partial charge in [0.25, 0.3) is 0 Å². The Morgan fingerprint density at radius 3 is 2.88 bits per heavy atom. The Hall–Kier alpha value is -0.380. The van der Waals surface area contributed by atoms with Crippen LogP contribution in [0.25, 0.3) is 0 Å². The summed E-state index contributed by atoms with van der Waals surface area (Å²) in [5, 5.41) is 0. The monoisotopic (exact) mass is 283 g/mol. The van der Waals surface area contributed by atoms with Gasteiger partial charge in [0.15, 0.2) is 0 Å². The van der Waals surface area contributed by atoms with Crippen LogP contribution in [0.3, 0.4) is 0 Å². The lowest BCUT2D eigenvalue weighted by Crippen LogP contribution is -2.48. The van der Waals surface area contributed by atoms with Crippen molar-refractivity contribution >= 4 is 15.9 Å². The zero-order chi connectivity index (χ0) is 11.4. The number of benzene rings is 1. The number of morpholine rings is 1. The summed E-state index contributed by atoms with van der Waals surface area (Å²) >= 11 is 3.67. The van der Waals surface area contributed by atoms with E-state index in [9.17, 15) is 0 Å². The van der Waals surface area contributed by atoms with Gasteiger partial charge in [0.05, 0.1) is 13.2 Å². The molecule has 0 spiro atoms. The normalized spacial score (nSPS) is 24.2. The van der Waals surface area contributed by atoms with Gasteiger partial charge in [0.1, 0.15) is 0 Å². The summed E-state index contributed by atoms with van der Waals surface area (Å²) in [6.07, 6.45) is 0. The average molecular weight is 284 g/mol. The van der Waals surface area contributed by atoms with Gasteiger partial charge >= 0.3 is 0 Å². The molecule has 2 unspecified atom stereocenters. The van der Waals surface area contributed by atoms with Crippen LogP contribution < -0.4 is 0 Å². The molecule has 0 amide bonds. The fourth-order valence-electron chi connectivity index (χ4n) is 2.09. The van der Waals surface area contributed by atoms with E-state index in [2.05, 4.69) is 58.1 Å². The van der Waals surface area contributed by atoms with Gasteiger partial charge in [-0.05, 0) is 5.56 Å². The Balaban J connectivity index is 2.01. The third kappa shape index (κ3) is 3.06. The first-order valence-electron chi connectivity index (χ1n) is 5.77. The van der Waals surface area contributed by atoms with Crippen LogP contribution in [-0.2, 0) is 11.3 Å². The highest BCUT2D eigenvalue weighted by molar-refractivity contribution is 9.09. The van der Waals surface area contributed by atoms with Crippen LogP contribution >= 0.6 is 15.9 Å². The van der Waals surface area contributed by atoms with E-state index in [1.807, 2.05) is 0 Å². The maximum absolute atomic E-state index is 5.54. The van der Waals surface area contributed by atoms with Crippen LogP contribution in [0.1, 0.15) is 12.5 Å². The number of alkyl halides is 1. The second kappa shape index (κ2) is 5.80. The number of rotatable bonds is 3. The van der Waals surface area contributed by atoms with Crippen molar-refractivity contribution in [1.29, 1.82) is 0 Å². The second-order valence-corrected chi connectivity index (χ2v) is 5.72. The second-order valence-electron chi connectivity index (χ2n) is 4.28. The summed E-state index contributed by atoms with van der Waals surface area (Å²) in [5.74, 6) is 0. The SMILES string of the molecule is CC(Br)C1COCCN1Cc1ccccc1. The summed E-state index contributed by atoms with van der Waals surface area (Å²) in [6, 6.07) is 11.1. The predicted octanol–water partition coefficient (Wildman–Crippen LogP) is 2.67. The lowest BCUT2D eigenvalue weighted by molar-refractivity contribution is -0.00989. The van der Waals surface area contributed by atoms with Crippen molar-refractivity contribution in [1.82, 2.24) is 4.90 Å². The highest BCUT2D eigenvalue weighted by atomic mass is 79.9. The minimum Gasteiger partial charge on any atom is -0.378 e. The van der Waals surface area contributed by atoms with Gasteiger partial charge in [-0.25, -0.2) is 0 Å². The van der Waals surface area contributed by atoms with Crippen LogP contribution in [0, 0.1) is 0 Å². The fraction of sp³-hybridized carbons (Fsp3) is 0.538.